The highest BCUT2D eigenvalue weighted by Crippen LogP contribution is 2.49. The zero-order chi connectivity index (χ0) is 32.6. The number of rotatable bonds is 4. The molecule has 3 N–H and O–H groups in total. The number of aliphatic hydroxyl groups is 2. The van der Waals surface area contributed by atoms with Crippen LogP contribution in [-0.2, 0) is 41.6 Å². The molecule has 11 nitrogen and oxygen atoms in total. The summed E-state index contributed by atoms with van der Waals surface area (Å²) in [5, 5.41) is 24.4. The van der Waals surface area contributed by atoms with Crippen molar-refractivity contribution in [2.24, 2.45) is 11.8 Å². The molecule has 242 valence electrons. The van der Waals surface area contributed by atoms with Gasteiger partial charge in [-0.25, -0.2) is 4.79 Å². The van der Waals surface area contributed by atoms with Gasteiger partial charge < -0.3 is 34.1 Å². The molecule has 0 aliphatic carbocycles. The number of ether oxygens (including phenoxy) is 4. The van der Waals surface area contributed by atoms with Crippen LogP contribution in [0.1, 0.15) is 58.6 Å². The molecule has 7 atom stereocenters. The van der Waals surface area contributed by atoms with Crippen LogP contribution in [0.3, 0.4) is 0 Å². The number of aliphatic hydroxyl groups excluding tert-OH is 1. The Kier molecular flexibility index (Phi) is 10.2. The number of epoxide rings is 1. The lowest BCUT2D eigenvalue weighted by Gasteiger charge is -2.42. The zero-order valence-corrected chi connectivity index (χ0v) is 27.0. The SMILES string of the molecule is CO[C@@H]1/C=C/C=C(\C)Cc2cc(CO)c(Cl)c(c2)N(C)C(=O)C[C@H](OC(=O)C(C)C)[C@]2(C)O[C@H]2[C@H](C)[C@@H]2C[C@@]1(O)NC(=O)O2. The molecular weight excluding hydrogens is 592 g/mol. The van der Waals surface area contributed by atoms with Gasteiger partial charge in [-0.05, 0) is 37.5 Å². The van der Waals surface area contributed by atoms with Gasteiger partial charge in [-0.2, -0.15) is 0 Å². The first-order chi connectivity index (χ1) is 20.6. The number of carbonyl (C=O) groups is 3. The number of esters is 1. The Balaban J connectivity index is 1.80. The second kappa shape index (κ2) is 13.2. The number of alkyl carbamates (subject to hydrolysis) is 1. The minimum Gasteiger partial charge on any atom is -0.458 e. The lowest BCUT2D eigenvalue weighted by atomic mass is 9.83. The van der Waals surface area contributed by atoms with E-state index >= 15 is 0 Å². The molecule has 3 aliphatic rings. The van der Waals surface area contributed by atoms with Crippen molar-refractivity contribution in [3.63, 3.8) is 0 Å². The minimum atomic E-state index is -1.78. The summed E-state index contributed by atoms with van der Waals surface area (Å²) in [6, 6.07) is 3.57. The molecule has 12 heteroatoms. The van der Waals surface area contributed by atoms with Crippen LogP contribution in [-0.4, -0.2) is 78.1 Å². The number of benzene rings is 1. The molecule has 0 unspecified atom stereocenters. The molecule has 1 aromatic rings. The fourth-order valence-corrected chi connectivity index (χ4v) is 6.24. The third-order valence-electron chi connectivity index (χ3n) is 8.74. The standard InChI is InChI=1S/C32H43ClN2O9/c1-17(2)29(38)43-25-14-26(37)35(6)22-13-20(12-21(16-36)27(22)33)11-18(3)9-8-10-24(41-7)32(40)15-23(42-30(39)34-32)19(4)28-31(25,5)44-28/h8-10,12-13,17,19,23-25,28,36,40H,11,14-16H2,1-7H3,(H,34,39)/b10-8+,18-9+/t19-,23+,24-,25+,28+,31+,32+/m1/s1. The molecule has 2 saturated heterocycles. The van der Waals surface area contributed by atoms with Crippen molar-refractivity contribution in [1.82, 2.24) is 5.32 Å². The van der Waals surface area contributed by atoms with Crippen molar-refractivity contribution in [3.8, 4) is 0 Å². The second-order valence-corrected chi connectivity index (χ2v) is 12.9. The fraction of sp³-hybridized carbons (Fsp3) is 0.594. The average molecular weight is 635 g/mol. The second-order valence-electron chi connectivity index (χ2n) is 12.5. The predicted octanol–water partition coefficient (Wildman–Crippen LogP) is 3.81. The Bertz CT molecular complexity index is 1350. The number of methoxy groups -OCH3 is 1. The molecule has 1 aromatic carbocycles. The fourth-order valence-electron chi connectivity index (χ4n) is 5.94. The summed E-state index contributed by atoms with van der Waals surface area (Å²) >= 11 is 6.65. The third-order valence-corrected chi connectivity index (χ3v) is 9.18. The summed E-state index contributed by atoms with van der Waals surface area (Å²) in [6.45, 7) is 8.56. The van der Waals surface area contributed by atoms with Gasteiger partial charge in [-0.3, -0.25) is 14.9 Å². The number of nitrogens with zero attached hydrogens (tertiary/aromatic N) is 1. The summed E-state index contributed by atoms with van der Waals surface area (Å²) in [5.41, 5.74) is -0.245. The average Bonchev–Trinajstić information content (AvgIpc) is 3.66. The topological polar surface area (TPSA) is 147 Å². The number of anilines is 1. The Morgan fingerprint density at radius 1 is 1.30 bits per heavy atom. The minimum absolute atomic E-state index is 0.00617. The van der Waals surface area contributed by atoms with E-state index in [2.05, 4.69) is 5.32 Å². The van der Waals surface area contributed by atoms with E-state index < -0.39 is 59.6 Å². The number of carbonyl (C=O) groups excluding carboxylic acids is 3. The number of hydrogen-bond donors (Lipinski definition) is 3. The Hall–Kier alpha value is -2.96. The number of fused-ring (bicyclic) bond motifs is 5. The number of nitrogens with one attached hydrogen (secondary N) is 1. The summed E-state index contributed by atoms with van der Waals surface area (Å²) < 4.78 is 23.2. The van der Waals surface area contributed by atoms with Crippen LogP contribution in [0.5, 0.6) is 0 Å². The maximum absolute atomic E-state index is 13.8. The van der Waals surface area contributed by atoms with Gasteiger partial charge in [0.05, 0.1) is 35.8 Å². The normalized spacial score (nSPS) is 34.8. The molecule has 2 amide bonds. The van der Waals surface area contributed by atoms with Gasteiger partial charge in [-0.15, -0.1) is 0 Å². The first-order valence-corrected chi connectivity index (χ1v) is 15.2. The van der Waals surface area contributed by atoms with Crippen molar-refractivity contribution in [2.45, 2.75) is 96.2 Å². The smallest absolute Gasteiger partial charge is 0.409 e. The lowest BCUT2D eigenvalue weighted by molar-refractivity contribution is -0.157. The molecule has 0 spiro atoms. The summed E-state index contributed by atoms with van der Waals surface area (Å²) in [6.07, 6.45) is 1.47. The third kappa shape index (κ3) is 6.97. The van der Waals surface area contributed by atoms with Gasteiger partial charge in [0.2, 0.25) is 5.91 Å². The molecule has 0 radical (unpaired) electrons. The van der Waals surface area contributed by atoms with E-state index in [0.717, 1.165) is 11.1 Å². The van der Waals surface area contributed by atoms with Crippen LogP contribution in [0.25, 0.3) is 0 Å². The van der Waals surface area contributed by atoms with Crippen LogP contribution in [0.4, 0.5) is 10.5 Å². The van der Waals surface area contributed by atoms with E-state index in [0.29, 0.717) is 17.7 Å². The highest BCUT2D eigenvalue weighted by molar-refractivity contribution is 6.34. The van der Waals surface area contributed by atoms with Crippen molar-refractivity contribution in [1.29, 1.82) is 0 Å². The maximum Gasteiger partial charge on any atom is 0.409 e. The molecule has 0 aromatic heterocycles. The Labute approximate surface area is 263 Å². The molecule has 2 fully saturated rings. The van der Waals surface area contributed by atoms with E-state index in [1.54, 1.807) is 52.1 Å². The molecule has 3 heterocycles. The number of amides is 2. The lowest BCUT2D eigenvalue weighted by Crippen LogP contribution is -2.63. The van der Waals surface area contributed by atoms with Gasteiger partial charge in [0, 0.05) is 26.5 Å². The molecule has 44 heavy (non-hydrogen) atoms. The van der Waals surface area contributed by atoms with Crippen LogP contribution >= 0.6 is 11.6 Å². The van der Waals surface area contributed by atoms with Crippen LogP contribution < -0.4 is 10.2 Å². The predicted molar refractivity (Wildman–Crippen MR) is 163 cm³/mol. The molecule has 3 aliphatic heterocycles. The maximum atomic E-state index is 13.8. The summed E-state index contributed by atoms with van der Waals surface area (Å²) in [7, 11) is 3.02. The van der Waals surface area contributed by atoms with E-state index in [1.807, 2.05) is 19.9 Å². The summed E-state index contributed by atoms with van der Waals surface area (Å²) in [5.74, 6) is -1.77. The molecule has 0 saturated carbocycles. The zero-order valence-electron chi connectivity index (χ0n) is 26.3. The van der Waals surface area contributed by atoms with Gasteiger partial charge >= 0.3 is 12.1 Å². The highest BCUT2D eigenvalue weighted by Gasteiger charge is 2.64. The Morgan fingerprint density at radius 2 is 2.00 bits per heavy atom. The summed E-state index contributed by atoms with van der Waals surface area (Å²) in [4.78, 5) is 40.6. The van der Waals surface area contributed by atoms with Gasteiger partial charge in [0.1, 0.15) is 23.9 Å². The van der Waals surface area contributed by atoms with Gasteiger partial charge in [-0.1, -0.05) is 62.2 Å². The Morgan fingerprint density at radius 3 is 2.64 bits per heavy atom. The first kappa shape index (κ1) is 33.9. The van der Waals surface area contributed by atoms with Gasteiger partial charge in [0.15, 0.2) is 5.72 Å². The highest BCUT2D eigenvalue weighted by atomic mass is 35.5. The quantitative estimate of drug-likeness (QED) is 0.332. The van der Waals surface area contributed by atoms with E-state index in [1.165, 1.54) is 12.0 Å². The van der Waals surface area contributed by atoms with Crippen molar-refractivity contribution < 1.29 is 43.5 Å². The molecular formula is C32H43ClN2O9. The van der Waals surface area contributed by atoms with E-state index in [4.69, 9.17) is 30.5 Å². The number of hydrogen-bond acceptors (Lipinski definition) is 9. The van der Waals surface area contributed by atoms with Crippen LogP contribution in [0, 0.1) is 11.8 Å². The van der Waals surface area contributed by atoms with Crippen LogP contribution in [0.2, 0.25) is 5.02 Å². The number of halogens is 1. The molecule has 4 rings (SSSR count). The molecule has 4 bridgehead atoms. The van der Waals surface area contributed by atoms with Crippen LogP contribution in [0.15, 0.2) is 35.9 Å². The van der Waals surface area contributed by atoms with E-state index in [-0.39, 0.29) is 30.4 Å². The van der Waals surface area contributed by atoms with Crippen molar-refractivity contribution in [3.05, 3.63) is 52.1 Å². The van der Waals surface area contributed by atoms with E-state index in [9.17, 15) is 24.6 Å². The van der Waals surface area contributed by atoms with Crippen molar-refractivity contribution in [2.75, 3.05) is 19.1 Å². The first-order valence-electron chi connectivity index (χ1n) is 14.8. The van der Waals surface area contributed by atoms with Crippen molar-refractivity contribution >= 4 is 35.3 Å². The monoisotopic (exact) mass is 634 g/mol. The van der Waals surface area contributed by atoms with Gasteiger partial charge in [0.25, 0.3) is 0 Å². The number of allylic oxidation sites excluding steroid dienone is 3. The largest absolute Gasteiger partial charge is 0.458 e.